The van der Waals surface area contributed by atoms with Crippen LogP contribution in [0.2, 0.25) is 0 Å². The van der Waals surface area contributed by atoms with Gasteiger partial charge in [0.1, 0.15) is 0 Å². The summed E-state index contributed by atoms with van der Waals surface area (Å²) in [5, 5.41) is 0. The Bertz CT molecular complexity index is 573. The fourth-order valence-corrected chi connectivity index (χ4v) is 1.54. The van der Waals surface area contributed by atoms with Gasteiger partial charge < -0.3 is 9.47 Å². The molecule has 2 heterocycles. The van der Waals surface area contributed by atoms with Gasteiger partial charge in [-0.25, -0.2) is 4.98 Å². The maximum absolute atomic E-state index is 12.1. The third kappa shape index (κ3) is 3.04. The second kappa shape index (κ2) is 5.90. The van der Waals surface area contributed by atoms with E-state index in [1.807, 2.05) is 6.07 Å². The van der Waals surface area contributed by atoms with E-state index in [2.05, 4.69) is 15.0 Å². The molecule has 6 nitrogen and oxygen atoms in total. The van der Waals surface area contributed by atoms with E-state index in [9.17, 15) is 4.79 Å². The molecule has 0 unspecified atom stereocenters. The number of pyridine rings is 1. The van der Waals surface area contributed by atoms with E-state index in [-0.39, 0.29) is 23.8 Å². The SMILES string of the molecule is COc1cnc(C(=O)Cc2ccccn2)c(OC)n1. The number of aromatic nitrogens is 3. The van der Waals surface area contributed by atoms with Gasteiger partial charge in [-0.1, -0.05) is 6.07 Å². The van der Waals surface area contributed by atoms with E-state index < -0.39 is 0 Å². The maximum Gasteiger partial charge on any atom is 0.246 e. The predicted molar refractivity (Wildman–Crippen MR) is 67.4 cm³/mol. The Morgan fingerprint density at radius 1 is 1.21 bits per heavy atom. The molecule has 6 heteroatoms. The van der Waals surface area contributed by atoms with E-state index >= 15 is 0 Å². The third-order valence-corrected chi connectivity index (χ3v) is 2.45. The number of methoxy groups -OCH3 is 2. The Morgan fingerprint density at radius 3 is 2.68 bits per heavy atom. The largest absolute Gasteiger partial charge is 0.480 e. The smallest absolute Gasteiger partial charge is 0.246 e. The summed E-state index contributed by atoms with van der Waals surface area (Å²) in [5.41, 5.74) is 0.848. The van der Waals surface area contributed by atoms with Gasteiger partial charge in [-0.05, 0) is 12.1 Å². The van der Waals surface area contributed by atoms with E-state index in [4.69, 9.17) is 9.47 Å². The van der Waals surface area contributed by atoms with Crippen molar-refractivity contribution in [1.82, 2.24) is 15.0 Å². The number of carbonyl (C=O) groups is 1. The first-order valence-electron chi connectivity index (χ1n) is 5.62. The molecule has 98 valence electrons. The average Bonchev–Trinajstić information content (AvgIpc) is 2.47. The summed E-state index contributed by atoms with van der Waals surface area (Å²) < 4.78 is 9.98. The lowest BCUT2D eigenvalue weighted by Crippen LogP contribution is -2.10. The second-order valence-corrected chi connectivity index (χ2v) is 3.69. The number of nitrogens with zero attached hydrogens (tertiary/aromatic N) is 3. The van der Waals surface area contributed by atoms with Crippen LogP contribution in [-0.2, 0) is 6.42 Å². The Morgan fingerprint density at radius 2 is 2.05 bits per heavy atom. The number of ketones is 1. The molecule has 19 heavy (non-hydrogen) atoms. The van der Waals surface area contributed by atoms with Crippen LogP contribution in [0.25, 0.3) is 0 Å². The standard InChI is InChI=1S/C13H13N3O3/c1-18-11-8-15-12(13(16-11)19-2)10(17)7-9-5-3-4-6-14-9/h3-6,8H,7H2,1-2H3. The van der Waals surface area contributed by atoms with E-state index in [1.165, 1.54) is 20.4 Å². The molecule has 0 aliphatic heterocycles. The minimum Gasteiger partial charge on any atom is -0.480 e. The molecule has 0 amide bonds. The third-order valence-electron chi connectivity index (χ3n) is 2.45. The van der Waals surface area contributed by atoms with Gasteiger partial charge in [0, 0.05) is 11.9 Å². The molecule has 0 spiro atoms. The number of carbonyl (C=O) groups excluding carboxylic acids is 1. The topological polar surface area (TPSA) is 74.2 Å². The van der Waals surface area contributed by atoms with Crippen LogP contribution in [0.15, 0.2) is 30.6 Å². The van der Waals surface area contributed by atoms with Crippen LogP contribution >= 0.6 is 0 Å². The summed E-state index contributed by atoms with van der Waals surface area (Å²) >= 11 is 0. The number of hydrogen-bond acceptors (Lipinski definition) is 6. The highest BCUT2D eigenvalue weighted by Crippen LogP contribution is 2.18. The minimum atomic E-state index is -0.203. The van der Waals surface area contributed by atoms with Crippen molar-refractivity contribution in [2.45, 2.75) is 6.42 Å². The monoisotopic (exact) mass is 259 g/mol. The molecule has 0 aliphatic carbocycles. The summed E-state index contributed by atoms with van der Waals surface area (Å²) in [7, 11) is 2.90. The molecule has 2 aromatic heterocycles. The first-order chi connectivity index (χ1) is 9.24. The average molecular weight is 259 g/mol. The van der Waals surface area contributed by atoms with Crippen LogP contribution in [0, 0.1) is 0 Å². The molecule has 0 atom stereocenters. The van der Waals surface area contributed by atoms with Crippen LogP contribution in [0.5, 0.6) is 11.8 Å². The Kier molecular flexibility index (Phi) is 4.02. The highest BCUT2D eigenvalue weighted by atomic mass is 16.5. The Labute approximate surface area is 110 Å². The summed E-state index contributed by atoms with van der Waals surface area (Å²) in [6, 6.07) is 5.40. The molecular weight excluding hydrogens is 246 g/mol. The molecule has 2 rings (SSSR count). The zero-order chi connectivity index (χ0) is 13.7. The first-order valence-corrected chi connectivity index (χ1v) is 5.62. The van der Waals surface area contributed by atoms with Crippen LogP contribution in [0.1, 0.15) is 16.2 Å². The fourth-order valence-electron chi connectivity index (χ4n) is 1.54. The van der Waals surface area contributed by atoms with Crippen molar-refractivity contribution in [3.63, 3.8) is 0 Å². The van der Waals surface area contributed by atoms with Crippen molar-refractivity contribution in [1.29, 1.82) is 0 Å². The van der Waals surface area contributed by atoms with E-state index in [0.717, 1.165) is 0 Å². The molecule has 0 N–H and O–H groups in total. The van der Waals surface area contributed by atoms with Crippen LogP contribution in [0.4, 0.5) is 0 Å². The molecule has 0 aliphatic rings. The summed E-state index contributed by atoms with van der Waals surface area (Å²) in [6.45, 7) is 0. The minimum absolute atomic E-state index is 0.151. The molecule has 0 saturated carbocycles. The zero-order valence-electron chi connectivity index (χ0n) is 10.7. The van der Waals surface area contributed by atoms with Crippen molar-refractivity contribution in [3.8, 4) is 11.8 Å². The van der Waals surface area contributed by atoms with Gasteiger partial charge in [0.05, 0.1) is 26.8 Å². The van der Waals surface area contributed by atoms with Gasteiger partial charge in [0.15, 0.2) is 11.5 Å². The van der Waals surface area contributed by atoms with Gasteiger partial charge in [-0.3, -0.25) is 9.78 Å². The van der Waals surface area contributed by atoms with Crippen molar-refractivity contribution >= 4 is 5.78 Å². The lowest BCUT2D eigenvalue weighted by molar-refractivity contribution is 0.0983. The van der Waals surface area contributed by atoms with Crippen molar-refractivity contribution in [2.24, 2.45) is 0 Å². The van der Waals surface area contributed by atoms with Crippen molar-refractivity contribution in [2.75, 3.05) is 14.2 Å². The van der Waals surface area contributed by atoms with Gasteiger partial charge in [-0.15, -0.1) is 0 Å². The second-order valence-electron chi connectivity index (χ2n) is 3.69. The predicted octanol–water partition coefficient (Wildman–Crippen LogP) is 1.31. The molecule has 0 fully saturated rings. The lowest BCUT2D eigenvalue weighted by atomic mass is 10.1. The molecule has 0 aromatic carbocycles. The van der Waals surface area contributed by atoms with Gasteiger partial charge in [0.25, 0.3) is 0 Å². The molecule has 0 radical (unpaired) electrons. The maximum atomic E-state index is 12.1. The lowest BCUT2D eigenvalue weighted by Gasteiger charge is -2.07. The quantitative estimate of drug-likeness (QED) is 0.754. The van der Waals surface area contributed by atoms with E-state index in [0.29, 0.717) is 11.6 Å². The first kappa shape index (κ1) is 12.9. The Hall–Kier alpha value is -2.50. The van der Waals surface area contributed by atoms with Crippen molar-refractivity contribution in [3.05, 3.63) is 42.0 Å². The van der Waals surface area contributed by atoms with Crippen LogP contribution in [0.3, 0.4) is 0 Å². The fraction of sp³-hybridized carbons (Fsp3) is 0.231. The number of hydrogen-bond donors (Lipinski definition) is 0. The highest BCUT2D eigenvalue weighted by molar-refractivity contribution is 5.97. The van der Waals surface area contributed by atoms with Gasteiger partial charge >= 0.3 is 0 Å². The molecule has 0 bridgehead atoms. The normalized spacial score (nSPS) is 10.0. The number of ether oxygens (including phenoxy) is 2. The highest BCUT2D eigenvalue weighted by Gasteiger charge is 2.17. The molecule has 0 saturated heterocycles. The van der Waals surface area contributed by atoms with Crippen LogP contribution < -0.4 is 9.47 Å². The van der Waals surface area contributed by atoms with E-state index in [1.54, 1.807) is 18.3 Å². The van der Waals surface area contributed by atoms with Crippen molar-refractivity contribution < 1.29 is 14.3 Å². The number of Topliss-reactive ketones (excluding diaryl/α,β-unsaturated/α-hetero) is 1. The van der Waals surface area contributed by atoms with Crippen LogP contribution in [-0.4, -0.2) is 35.0 Å². The van der Waals surface area contributed by atoms with Gasteiger partial charge in [0.2, 0.25) is 11.8 Å². The Balaban J connectivity index is 2.24. The summed E-state index contributed by atoms with van der Waals surface area (Å²) in [6.07, 6.45) is 3.17. The van der Waals surface area contributed by atoms with Gasteiger partial charge in [-0.2, -0.15) is 4.98 Å². The summed E-state index contributed by atoms with van der Waals surface area (Å²) in [5.74, 6) is 0.247. The molecular formula is C13H13N3O3. The molecule has 2 aromatic rings. The summed E-state index contributed by atoms with van der Waals surface area (Å²) in [4.78, 5) is 24.3. The zero-order valence-corrected chi connectivity index (χ0v) is 10.7. The number of rotatable bonds is 5.